The summed E-state index contributed by atoms with van der Waals surface area (Å²) >= 11 is 5.55. The van der Waals surface area contributed by atoms with Crippen molar-refractivity contribution in [1.29, 1.82) is 0 Å². The maximum Gasteiger partial charge on any atom is 0.335 e. The highest BCUT2D eigenvalue weighted by Gasteiger charge is 2.19. The van der Waals surface area contributed by atoms with Crippen molar-refractivity contribution in [3.05, 3.63) is 29.3 Å². The lowest BCUT2D eigenvalue weighted by Crippen LogP contribution is -2.23. The van der Waals surface area contributed by atoms with E-state index in [-0.39, 0.29) is 23.4 Å². The number of hydrogen-bond acceptors (Lipinski definition) is 3. The number of halogens is 1. The fraction of sp³-hybridized carbons (Fsp3) is 0.500. The average Bonchev–Trinajstić information content (AvgIpc) is 2.34. The number of nitrogens with one attached hydrogen (secondary N) is 1. The van der Waals surface area contributed by atoms with Gasteiger partial charge in [0.15, 0.2) is 0 Å². The summed E-state index contributed by atoms with van der Waals surface area (Å²) in [5, 5.41) is 21.6. The lowest BCUT2D eigenvalue weighted by atomic mass is 9.85. The molecule has 4 nitrogen and oxygen atoms in total. The predicted molar refractivity (Wildman–Crippen MR) is 77.3 cm³/mol. The van der Waals surface area contributed by atoms with Crippen LogP contribution in [0.5, 0.6) is 0 Å². The molecule has 106 valence electrons. The van der Waals surface area contributed by atoms with Crippen molar-refractivity contribution in [2.24, 2.45) is 0 Å². The minimum atomic E-state index is -0.971. The van der Waals surface area contributed by atoms with Gasteiger partial charge in [0.1, 0.15) is 0 Å². The molecule has 19 heavy (non-hydrogen) atoms. The Balaban J connectivity index is 3.08. The topological polar surface area (TPSA) is 69.6 Å². The highest BCUT2D eigenvalue weighted by Crippen LogP contribution is 2.30. The van der Waals surface area contributed by atoms with Crippen molar-refractivity contribution in [3.63, 3.8) is 0 Å². The number of carbonyl (C=O) groups is 1. The molecule has 0 aliphatic rings. The number of alkyl halides is 1. The molecule has 5 heteroatoms. The van der Waals surface area contributed by atoms with Gasteiger partial charge in [-0.3, -0.25) is 0 Å². The van der Waals surface area contributed by atoms with Crippen LogP contribution in [0.25, 0.3) is 0 Å². The summed E-state index contributed by atoms with van der Waals surface area (Å²) in [6, 6.07) is 4.98. The molecule has 1 unspecified atom stereocenters. The Kier molecular flexibility index (Phi) is 5.20. The number of aromatic carboxylic acids is 1. The molecule has 0 radical (unpaired) electrons. The number of hydrogen-bond donors (Lipinski definition) is 3. The molecule has 1 atom stereocenters. The molecule has 1 rings (SSSR count). The van der Waals surface area contributed by atoms with E-state index in [4.69, 9.17) is 16.7 Å². The molecule has 1 aromatic carbocycles. The summed E-state index contributed by atoms with van der Waals surface area (Å²) in [6.45, 7) is 6.43. The van der Waals surface area contributed by atoms with Gasteiger partial charge in [-0.25, -0.2) is 4.79 Å². The van der Waals surface area contributed by atoms with E-state index in [1.165, 1.54) is 0 Å². The van der Waals surface area contributed by atoms with Crippen LogP contribution in [0.2, 0.25) is 0 Å². The maximum absolute atomic E-state index is 11.0. The molecule has 0 amide bonds. The summed E-state index contributed by atoms with van der Waals surface area (Å²) in [5.74, 6) is -0.836. The number of aliphatic hydroxyl groups excluding tert-OH is 1. The second-order valence-electron chi connectivity index (χ2n) is 5.50. The number of anilines is 1. The lowest BCUT2D eigenvalue weighted by Gasteiger charge is -2.24. The molecule has 0 fully saturated rings. The normalized spacial score (nSPS) is 13.1. The van der Waals surface area contributed by atoms with Crippen LogP contribution in [0, 0.1) is 0 Å². The zero-order valence-electron chi connectivity index (χ0n) is 11.4. The number of carboxylic acids is 1. The monoisotopic (exact) mass is 285 g/mol. The van der Waals surface area contributed by atoms with Gasteiger partial charge in [0.05, 0.1) is 17.5 Å². The van der Waals surface area contributed by atoms with Crippen LogP contribution in [0.4, 0.5) is 5.69 Å². The highest BCUT2D eigenvalue weighted by molar-refractivity contribution is 6.18. The van der Waals surface area contributed by atoms with Crippen LogP contribution in [0.3, 0.4) is 0 Å². The minimum absolute atomic E-state index is 0.120. The van der Waals surface area contributed by atoms with Crippen molar-refractivity contribution < 1.29 is 15.0 Å². The van der Waals surface area contributed by atoms with Gasteiger partial charge in [0, 0.05) is 12.2 Å². The van der Waals surface area contributed by atoms with Crippen molar-refractivity contribution in [2.75, 3.05) is 17.7 Å². The molecule has 0 spiro atoms. The third-order valence-electron chi connectivity index (χ3n) is 2.78. The first kappa shape index (κ1) is 15.8. The van der Waals surface area contributed by atoms with Gasteiger partial charge in [0.25, 0.3) is 0 Å². The Labute approximate surface area is 118 Å². The molecule has 0 heterocycles. The molecule has 0 saturated heterocycles. The van der Waals surface area contributed by atoms with E-state index in [0.29, 0.717) is 0 Å². The average molecular weight is 286 g/mol. The molecule has 3 N–H and O–H groups in total. The van der Waals surface area contributed by atoms with E-state index in [2.05, 4.69) is 5.32 Å². The summed E-state index contributed by atoms with van der Waals surface area (Å²) in [4.78, 5) is 11.0. The van der Waals surface area contributed by atoms with Gasteiger partial charge in [-0.2, -0.15) is 0 Å². The molecular formula is C14H20ClNO3. The summed E-state index contributed by atoms with van der Waals surface area (Å²) in [6.07, 6.45) is -0.664. The van der Waals surface area contributed by atoms with Crippen molar-refractivity contribution >= 4 is 23.3 Å². The van der Waals surface area contributed by atoms with Crippen molar-refractivity contribution in [3.8, 4) is 0 Å². The van der Waals surface area contributed by atoms with Gasteiger partial charge in [-0.15, -0.1) is 11.6 Å². The van der Waals surface area contributed by atoms with E-state index in [0.717, 1.165) is 11.3 Å². The lowest BCUT2D eigenvalue weighted by molar-refractivity contribution is 0.0697. The van der Waals surface area contributed by atoms with Gasteiger partial charge in [-0.1, -0.05) is 26.8 Å². The first-order chi connectivity index (χ1) is 8.75. The highest BCUT2D eigenvalue weighted by atomic mass is 35.5. The van der Waals surface area contributed by atoms with Gasteiger partial charge >= 0.3 is 5.97 Å². The molecule has 0 aliphatic heterocycles. The first-order valence-electron chi connectivity index (χ1n) is 6.11. The van der Waals surface area contributed by atoms with Crippen LogP contribution in [-0.2, 0) is 5.41 Å². The maximum atomic E-state index is 11.0. The smallest absolute Gasteiger partial charge is 0.335 e. The van der Waals surface area contributed by atoms with Crippen LogP contribution < -0.4 is 5.32 Å². The largest absolute Gasteiger partial charge is 0.478 e. The molecular weight excluding hydrogens is 266 g/mol. The SMILES string of the molecule is CC(C)(C)c1ccc(C(=O)O)cc1NCC(O)CCl. The van der Waals surface area contributed by atoms with Gasteiger partial charge in [0.2, 0.25) is 0 Å². The zero-order valence-corrected chi connectivity index (χ0v) is 12.2. The first-order valence-corrected chi connectivity index (χ1v) is 6.65. The standard InChI is InChI=1S/C14H20ClNO3/c1-14(2,3)11-5-4-9(13(18)19)6-12(11)16-8-10(17)7-15/h4-6,10,16-17H,7-8H2,1-3H3,(H,18,19). The summed E-state index contributed by atoms with van der Waals surface area (Å²) in [7, 11) is 0. The van der Waals surface area contributed by atoms with Gasteiger partial charge < -0.3 is 15.5 Å². The molecule has 0 bridgehead atoms. The Morgan fingerprint density at radius 2 is 2.05 bits per heavy atom. The molecule has 1 aromatic rings. The number of carboxylic acid groups (broad SMARTS) is 1. The third kappa shape index (κ3) is 4.40. The van der Waals surface area contributed by atoms with E-state index < -0.39 is 12.1 Å². The van der Waals surface area contributed by atoms with Crippen molar-refractivity contribution in [2.45, 2.75) is 32.3 Å². The second kappa shape index (κ2) is 6.26. The Morgan fingerprint density at radius 1 is 1.42 bits per heavy atom. The minimum Gasteiger partial charge on any atom is -0.478 e. The third-order valence-corrected chi connectivity index (χ3v) is 3.14. The molecule has 0 aromatic heterocycles. The quantitative estimate of drug-likeness (QED) is 0.728. The summed E-state index contributed by atoms with van der Waals surface area (Å²) in [5.41, 5.74) is 1.82. The van der Waals surface area contributed by atoms with Crippen LogP contribution in [0.15, 0.2) is 18.2 Å². The van der Waals surface area contributed by atoms with E-state index >= 15 is 0 Å². The number of rotatable bonds is 5. The molecule has 0 saturated carbocycles. The second-order valence-corrected chi connectivity index (χ2v) is 5.81. The fourth-order valence-electron chi connectivity index (χ4n) is 1.76. The zero-order chi connectivity index (χ0) is 14.6. The Bertz CT molecular complexity index is 454. The van der Waals surface area contributed by atoms with E-state index in [9.17, 15) is 9.90 Å². The molecule has 0 aliphatic carbocycles. The van der Waals surface area contributed by atoms with Gasteiger partial charge in [-0.05, 0) is 23.1 Å². The van der Waals surface area contributed by atoms with Crippen LogP contribution >= 0.6 is 11.6 Å². The number of benzene rings is 1. The van der Waals surface area contributed by atoms with Crippen LogP contribution in [0.1, 0.15) is 36.7 Å². The van der Waals surface area contributed by atoms with E-state index in [1.54, 1.807) is 18.2 Å². The predicted octanol–water partition coefficient (Wildman–Crippen LogP) is 2.69. The summed E-state index contributed by atoms with van der Waals surface area (Å²) < 4.78 is 0. The Hall–Kier alpha value is -1.26. The Morgan fingerprint density at radius 3 is 2.53 bits per heavy atom. The van der Waals surface area contributed by atoms with Crippen LogP contribution in [-0.4, -0.2) is 34.7 Å². The fourth-order valence-corrected chi connectivity index (χ4v) is 1.87. The van der Waals surface area contributed by atoms with E-state index in [1.807, 2.05) is 20.8 Å². The van der Waals surface area contributed by atoms with Crippen molar-refractivity contribution in [1.82, 2.24) is 0 Å². The number of aliphatic hydroxyl groups is 1.